The van der Waals surface area contributed by atoms with Gasteiger partial charge in [0.25, 0.3) is 5.91 Å². The number of rotatable bonds is 11. The molecule has 0 bridgehead atoms. The lowest BCUT2D eigenvalue weighted by atomic mass is 10.1. The number of carbonyl (C=O) groups excluding carboxylic acids is 1. The second-order valence-electron chi connectivity index (χ2n) is 7.10. The molecule has 0 saturated carbocycles. The van der Waals surface area contributed by atoms with Crippen molar-refractivity contribution in [3.63, 3.8) is 0 Å². The van der Waals surface area contributed by atoms with Gasteiger partial charge in [-0.25, -0.2) is 0 Å². The summed E-state index contributed by atoms with van der Waals surface area (Å²) in [7, 11) is 0. The van der Waals surface area contributed by atoms with E-state index in [0.29, 0.717) is 25.9 Å². The smallest absolute Gasteiger partial charge is 0.252 e. The lowest BCUT2D eigenvalue weighted by Crippen LogP contribution is -2.26. The van der Waals surface area contributed by atoms with E-state index in [-0.39, 0.29) is 5.91 Å². The monoisotopic (exact) mass is 429 g/mol. The number of carbonyl (C=O) groups is 1. The zero-order valence-corrected chi connectivity index (χ0v) is 18.6. The molecule has 5 nitrogen and oxygen atoms in total. The summed E-state index contributed by atoms with van der Waals surface area (Å²) in [6.07, 6.45) is 3.26. The van der Waals surface area contributed by atoms with Crippen LogP contribution in [0.5, 0.6) is 11.5 Å². The number of nitrogens with one attached hydrogen (secondary N) is 1. The summed E-state index contributed by atoms with van der Waals surface area (Å²) < 4.78 is 17.0. The Balaban J connectivity index is 1.55. The van der Waals surface area contributed by atoms with Gasteiger partial charge in [-0.3, -0.25) is 4.79 Å². The predicted molar refractivity (Wildman–Crippen MR) is 121 cm³/mol. The Hall–Kier alpha value is -2.18. The standard InChI is InChI=1S/C24H31NO4S/c1-3-27-21-12-11-18(16-22(21)28-4-2)13-14-25-24(26)20-9-5-6-10-23(20)30-17-19-8-7-15-29-19/h5-6,9-12,16,19H,3-4,7-8,13-15,17H2,1-2H3,(H,25,26). The third-order valence-corrected chi connectivity index (χ3v) is 6.09. The molecule has 3 rings (SSSR count). The fraction of sp³-hybridized carbons (Fsp3) is 0.458. The maximum absolute atomic E-state index is 12.8. The molecule has 0 aliphatic carbocycles. The first kappa shape index (κ1) is 22.5. The molecule has 1 atom stereocenters. The average molecular weight is 430 g/mol. The topological polar surface area (TPSA) is 56.8 Å². The Labute approximate surface area is 183 Å². The minimum Gasteiger partial charge on any atom is -0.490 e. The Morgan fingerprint density at radius 1 is 1.13 bits per heavy atom. The van der Waals surface area contributed by atoms with Crippen LogP contribution in [0.4, 0.5) is 0 Å². The first-order chi connectivity index (χ1) is 14.7. The SMILES string of the molecule is CCOc1ccc(CCNC(=O)c2ccccc2SCC2CCCO2)cc1OCC. The lowest BCUT2D eigenvalue weighted by molar-refractivity contribution is 0.0951. The van der Waals surface area contributed by atoms with Crippen molar-refractivity contribution >= 4 is 17.7 Å². The van der Waals surface area contributed by atoms with E-state index in [0.717, 1.165) is 59.1 Å². The van der Waals surface area contributed by atoms with Crippen molar-refractivity contribution in [1.29, 1.82) is 0 Å². The van der Waals surface area contributed by atoms with E-state index in [2.05, 4.69) is 5.32 Å². The van der Waals surface area contributed by atoms with Gasteiger partial charge >= 0.3 is 0 Å². The molecule has 1 amide bonds. The van der Waals surface area contributed by atoms with E-state index in [1.165, 1.54) is 0 Å². The minimum absolute atomic E-state index is 0.0404. The molecule has 1 aliphatic rings. The molecule has 30 heavy (non-hydrogen) atoms. The highest BCUT2D eigenvalue weighted by atomic mass is 32.2. The van der Waals surface area contributed by atoms with Gasteiger partial charge in [-0.2, -0.15) is 0 Å². The van der Waals surface area contributed by atoms with Gasteiger partial charge in [-0.1, -0.05) is 18.2 Å². The molecule has 1 heterocycles. The maximum Gasteiger partial charge on any atom is 0.252 e. The molecule has 1 fully saturated rings. The number of thioether (sulfide) groups is 1. The van der Waals surface area contributed by atoms with E-state index in [1.54, 1.807) is 11.8 Å². The molecule has 162 valence electrons. The van der Waals surface area contributed by atoms with Crippen LogP contribution in [0.25, 0.3) is 0 Å². The Bertz CT molecular complexity index is 821. The number of hydrogen-bond acceptors (Lipinski definition) is 5. The molecule has 1 N–H and O–H groups in total. The van der Waals surface area contributed by atoms with Crippen molar-refractivity contribution in [3.8, 4) is 11.5 Å². The largest absolute Gasteiger partial charge is 0.490 e. The van der Waals surface area contributed by atoms with Crippen LogP contribution in [0.15, 0.2) is 47.4 Å². The first-order valence-electron chi connectivity index (χ1n) is 10.7. The van der Waals surface area contributed by atoms with Crippen LogP contribution in [0, 0.1) is 0 Å². The molecule has 1 aliphatic heterocycles. The molecular weight excluding hydrogens is 398 g/mol. The zero-order chi connectivity index (χ0) is 21.2. The molecule has 6 heteroatoms. The van der Waals surface area contributed by atoms with Crippen LogP contribution in [0.2, 0.25) is 0 Å². The lowest BCUT2D eigenvalue weighted by Gasteiger charge is -2.14. The van der Waals surface area contributed by atoms with Crippen LogP contribution < -0.4 is 14.8 Å². The highest BCUT2D eigenvalue weighted by molar-refractivity contribution is 7.99. The summed E-state index contributed by atoms with van der Waals surface area (Å²) in [6, 6.07) is 13.7. The van der Waals surface area contributed by atoms with Crippen LogP contribution in [0.3, 0.4) is 0 Å². The highest BCUT2D eigenvalue weighted by Crippen LogP contribution is 2.29. The third kappa shape index (κ3) is 6.41. The molecule has 2 aromatic carbocycles. The minimum atomic E-state index is -0.0404. The van der Waals surface area contributed by atoms with Crippen LogP contribution in [-0.4, -0.2) is 44.1 Å². The van der Waals surface area contributed by atoms with Gasteiger partial charge in [0, 0.05) is 23.8 Å². The fourth-order valence-corrected chi connectivity index (χ4v) is 4.52. The number of ether oxygens (including phenoxy) is 3. The first-order valence-corrected chi connectivity index (χ1v) is 11.7. The normalized spacial score (nSPS) is 15.7. The van der Waals surface area contributed by atoms with Gasteiger partial charge in [0.15, 0.2) is 11.5 Å². The maximum atomic E-state index is 12.8. The Morgan fingerprint density at radius 2 is 1.93 bits per heavy atom. The molecule has 0 spiro atoms. The van der Waals surface area contributed by atoms with Gasteiger partial charge in [0.05, 0.1) is 24.9 Å². The van der Waals surface area contributed by atoms with Crippen molar-refractivity contribution in [2.75, 3.05) is 32.1 Å². The zero-order valence-electron chi connectivity index (χ0n) is 17.8. The van der Waals surface area contributed by atoms with Crippen molar-refractivity contribution in [2.24, 2.45) is 0 Å². The van der Waals surface area contributed by atoms with Crippen molar-refractivity contribution < 1.29 is 19.0 Å². The summed E-state index contributed by atoms with van der Waals surface area (Å²) in [5.41, 5.74) is 1.82. The second kappa shape index (κ2) is 11.9. The summed E-state index contributed by atoms with van der Waals surface area (Å²) in [4.78, 5) is 13.8. The Kier molecular flexibility index (Phi) is 8.90. The van der Waals surface area contributed by atoms with E-state index in [1.807, 2.05) is 56.3 Å². The van der Waals surface area contributed by atoms with Crippen molar-refractivity contribution in [2.45, 2.75) is 44.1 Å². The highest BCUT2D eigenvalue weighted by Gasteiger charge is 2.18. The van der Waals surface area contributed by atoms with Crippen LogP contribution in [-0.2, 0) is 11.2 Å². The van der Waals surface area contributed by atoms with Gasteiger partial charge in [-0.15, -0.1) is 11.8 Å². The average Bonchev–Trinajstić information content (AvgIpc) is 3.28. The summed E-state index contributed by atoms with van der Waals surface area (Å²) in [5, 5.41) is 3.05. The van der Waals surface area contributed by atoms with E-state index >= 15 is 0 Å². The predicted octanol–water partition coefficient (Wildman–Crippen LogP) is 4.73. The van der Waals surface area contributed by atoms with Gasteiger partial charge < -0.3 is 19.5 Å². The van der Waals surface area contributed by atoms with Gasteiger partial charge in [0.2, 0.25) is 0 Å². The quantitative estimate of drug-likeness (QED) is 0.524. The van der Waals surface area contributed by atoms with E-state index < -0.39 is 0 Å². The molecular formula is C24H31NO4S. The number of amides is 1. The molecule has 1 saturated heterocycles. The van der Waals surface area contributed by atoms with Crippen LogP contribution in [0.1, 0.15) is 42.6 Å². The molecule has 0 radical (unpaired) electrons. The number of benzene rings is 2. The number of hydrogen-bond donors (Lipinski definition) is 1. The third-order valence-electron chi connectivity index (χ3n) is 4.89. The van der Waals surface area contributed by atoms with E-state index in [9.17, 15) is 4.79 Å². The summed E-state index contributed by atoms with van der Waals surface area (Å²) in [5.74, 6) is 2.35. The van der Waals surface area contributed by atoms with Crippen molar-refractivity contribution in [3.05, 3.63) is 53.6 Å². The molecule has 0 aromatic heterocycles. The van der Waals surface area contributed by atoms with Crippen LogP contribution >= 0.6 is 11.8 Å². The molecule has 1 unspecified atom stereocenters. The summed E-state index contributed by atoms with van der Waals surface area (Å²) >= 11 is 1.70. The molecule has 2 aromatic rings. The Morgan fingerprint density at radius 3 is 2.70 bits per heavy atom. The summed E-state index contributed by atoms with van der Waals surface area (Å²) in [6.45, 7) is 6.50. The second-order valence-corrected chi connectivity index (χ2v) is 8.16. The van der Waals surface area contributed by atoms with E-state index in [4.69, 9.17) is 14.2 Å². The fourth-order valence-electron chi connectivity index (χ4n) is 3.41. The van der Waals surface area contributed by atoms with Gasteiger partial charge in [-0.05, 0) is 62.9 Å². The van der Waals surface area contributed by atoms with Crippen molar-refractivity contribution in [1.82, 2.24) is 5.32 Å². The van der Waals surface area contributed by atoms with Gasteiger partial charge in [0.1, 0.15) is 0 Å².